The van der Waals surface area contributed by atoms with Crippen LogP contribution in [0, 0.1) is 5.41 Å². The Balaban J connectivity index is 1.85. The van der Waals surface area contributed by atoms with E-state index in [1.165, 1.54) is 11.1 Å². The van der Waals surface area contributed by atoms with Crippen LogP contribution >= 0.6 is 0 Å². The lowest BCUT2D eigenvalue weighted by Crippen LogP contribution is -2.40. The van der Waals surface area contributed by atoms with Crippen LogP contribution in [0.25, 0.3) is 0 Å². The van der Waals surface area contributed by atoms with E-state index in [9.17, 15) is 0 Å². The summed E-state index contributed by atoms with van der Waals surface area (Å²) in [5.74, 6) is 1.95. The number of rotatable bonds is 8. The SMILES string of the molecule is CCNC(=NCC(C)(C)CN(C)C)NCCc1ccc2c(c1)CCO2. The van der Waals surface area contributed by atoms with Crippen molar-refractivity contribution in [3.63, 3.8) is 0 Å². The predicted molar refractivity (Wildman–Crippen MR) is 106 cm³/mol. The summed E-state index contributed by atoms with van der Waals surface area (Å²) >= 11 is 0. The maximum Gasteiger partial charge on any atom is 0.191 e. The Kier molecular flexibility index (Phi) is 7.12. The van der Waals surface area contributed by atoms with E-state index in [0.29, 0.717) is 0 Å². The summed E-state index contributed by atoms with van der Waals surface area (Å²) in [6.07, 6.45) is 2.01. The van der Waals surface area contributed by atoms with Crippen LogP contribution in [0.3, 0.4) is 0 Å². The number of benzene rings is 1. The zero-order valence-electron chi connectivity index (χ0n) is 16.5. The van der Waals surface area contributed by atoms with Crippen LogP contribution in [-0.2, 0) is 12.8 Å². The van der Waals surface area contributed by atoms with Crippen LogP contribution < -0.4 is 15.4 Å². The molecule has 0 atom stereocenters. The molecule has 0 unspecified atom stereocenters. The van der Waals surface area contributed by atoms with Crippen LogP contribution in [0.4, 0.5) is 0 Å². The van der Waals surface area contributed by atoms with Crippen LogP contribution in [0.2, 0.25) is 0 Å². The van der Waals surface area contributed by atoms with Crippen LogP contribution in [0.5, 0.6) is 5.75 Å². The summed E-state index contributed by atoms with van der Waals surface area (Å²) in [4.78, 5) is 6.99. The number of fused-ring (bicyclic) bond motifs is 1. The Morgan fingerprint density at radius 1 is 1.28 bits per heavy atom. The number of guanidine groups is 1. The van der Waals surface area contributed by atoms with Crippen molar-refractivity contribution in [3.8, 4) is 5.75 Å². The van der Waals surface area contributed by atoms with E-state index in [-0.39, 0.29) is 5.41 Å². The topological polar surface area (TPSA) is 48.9 Å². The molecule has 2 rings (SSSR count). The summed E-state index contributed by atoms with van der Waals surface area (Å²) < 4.78 is 5.57. The minimum absolute atomic E-state index is 0.159. The van der Waals surface area contributed by atoms with E-state index in [1.807, 2.05) is 0 Å². The van der Waals surface area contributed by atoms with E-state index in [1.54, 1.807) is 0 Å². The van der Waals surface area contributed by atoms with Gasteiger partial charge in [-0.05, 0) is 50.0 Å². The third kappa shape index (κ3) is 6.58. The van der Waals surface area contributed by atoms with Crippen LogP contribution in [0.1, 0.15) is 31.9 Å². The highest BCUT2D eigenvalue weighted by Crippen LogP contribution is 2.25. The molecule has 0 saturated carbocycles. The Bertz CT molecular complexity index is 581. The van der Waals surface area contributed by atoms with Gasteiger partial charge in [0.15, 0.2) is 5.96 Å². The van der Waals surface area contributed by atoms with E-state index in [2.05, 4.69) is 68.6 Å². The van der Waals surface area contributed by atoms with Gasteiger partial charge >= 0.3 is 0 Å². The van der Waals surface area contributed by atoms with Crippen molar-refractivity contribution in [2.24, 2.45) is 10.4 Å². The van der Waals surface area contributed by atoms with Crippen LogP contribution in [0.15, 0.2) is 23.2 Å². The molecule has 5 nitrogen and oxygen atoms in total. The molecule has 25 heavy (non-hydrogen) atoms. The molecule has 0 aliphatic carbocycles. The number of nitrogens with zero attached hydrogens (tertiary/aromatic N) is 2. The molecule has 1 aliphatic heterocycles. The smallest absolute Gasteiger partial charge is 0.191 e. The lowest BCUT2D eigenvalue weighted by molar-refractivity contribution is 0.248. The van der Waals surface area contributed by atoms with E-state index in [0.717, 1.165) is 57.3 Å². The highest BCUT2D eigenvalue weighted by molar-refractivity contribution is 5.79. The Morgan fingerprint density at radius 2 is 2.08 bits per heavy atom. The second kappa shape index (κ2) is 9.09. The highest BCUT2D eigenvalue weighted by Gasteiger charge is 2.18. The maximum absolute atomic E-state index is 5.57. The summed E-state index contributed by atoms with van der Waals surface area (Å²) in [6, 6.07) is 6.53. The molecule has 0 spiro atoms. The molecular weight excluding hydrogens is 312 g/mol. The first-order chi connectivity index (χ1) is 11.9. The van der Waals surface area contributed by atoms with Gasteiger partial charge in [0, 0.05) is 32.6 Å². The third-order valence-corrected chi connectivity index (χ3v) is 4.21. The van der Waals surface area contributed by atoms with E-state index < -0.39 is 0 Å². The molecule has 1 aromatic carbocycles. The van der Waals surface area contributed by atoms with Crippen molar-refractivity contribution < 1.29 is 4.74 Å². The number of hydrogen-bond donors (Lipinski definition) is 2. The van der Waals surface area contributed by atoms with Gasteiger partial charge in [0.1, 0.15) is 5.75 Å². The quantitative estimate of drug-likeness (QED) is 0.560. The summed E-state index contributed by atoms with van der Waals surface area (Å²) in [7, 11) is 4.22. The second-order valence-electron chi connectivity index (χ2n) is 7.81. The number of nitrogens with one attached hydrogen (secondary N) is 2. The largest absolute Gasteiger partial charge is 0.493 e. The van der Waals surface area contributed by atoms with Gasteiger partial charge < -0.3 is 20.3 Å². The first-order valence-electron chi connectivity index (χ1n) is 9.31. The molecule has 1 aliphatic rings. The molecule has 0 bridgehead atoms. The van der Waals surface area contributed by atoms with Crippen molar-refractivity contribution in [2.75, 3.05) is 46.9 Å². The van der Waals surface area contributed by atoms with Crippen molar-refractivity contribution >= 4 is 5.96 Å². The van der Waals surface area contributed by atoms with Crippen molar-refractivity contribution in [1.82, 2.24) is 15.5 Å². The van der Waals surface area contributed by atoms with Gasteiger partial charge in [-0.2, -0.15) is 0 Å². The molecule has 1 aromatic rings. The van der Waals surface area contributed by atoms with Gasteiger partial charge in [-0.1, -0.05) is 26.0 Å². The predicted octanol–water partition coefficient (Wildman–Crippen LogP) is 2.31. The van der Waals surface area contributed by atoms with Gasteiger partial charge in [-0.15, -0.1) is 0 Å². The summed E-state index contributed by atoms with van der Waals surface area (Å²) in [6.45, 7) is 11.0. The standard InChI is InChI=1S/C20H34N4O/c1-6-21-19(23-14-20(2,3)15-24(4)5)22-11-9-16-7-8-18-17(13-16)10-12-25-18/h7-8,13H,6,9-12,14-15H2,1-5H3,(H2,21,22,23). The average molecular weight is 347 g/mol. The molecule has 2 N–H and O–H groups in total. The molecule has 0 amide bonds. The average Bonchev–Trinajstić information content (AvgIpc) is 2.99. The van der Waals surface area contributed by atoms with Crippen molar-refractivity contribution in [2.45, 2.75) is 33.6 Å². The Hall–Kier alpha value is -1.75. The number of aliphatic imine (C=N–C) groups is 1. The number of hydrogen-bond acceptors (Lipinski definition) is 3. The molecule has 1 heterocycles. The molecular formula is C20H34N4O. The first kappa shape index (κ1) is 19.6. The molecule has 140 valence electrons. The third-order valence-electron chi connectivity index (χ3n) is 4.21. The van der Waals surface area contributed by atoms with Gasteiger partial charge in [0.25, 0.3) is 0 Å². The zero-order chi connectivity index (χ0) is 18.3. The minimum Gasteiger partial charge on any atom is -0.493 e. The fourth-order valence-corrected chi connectivity index (χ4v) is 3.26. The molecule has 0 fully saturated rings. The van der Waals surface area contributed by atoms with Gasteiger partial charge in [0.05, 0.1) is 6.61 Å². The molecule has 5 heteroatoms. The lowest BCUT2D eigenvalue weighted by Gasteiger charge is -2.26. The van der Waals surface area contributed by atoms with Crippen molar-refractivity contribution in [3.05, 3.63) is 29.3 Å². The van der Waals surface area contributed by atoms with Crippen molar-refractivity contribution in [1.29, 1.82) is 0 Å². The highest BCUT2D eigenvalue weighted by atomic mass is 16.5. The molecule has 0 radical (unpaired) electrons. The molecule has 0 aromatic heterocycles. The van der Waals surface area contributed by atoms with Gasteiger partial charge in [-0.25, -0.2) is 0 Å². The van der Waals surface area contributed by atoms with Crippen LogP contribution in [-0.4, -0.2) is 57.7 Å². The maximum atomic E-state index is 5.57. The molecule has 0 saturated heterocycles. The van der Waals surface area contributed by atoms with Gasteiger partial charge in [0.2, 0.25) is 0 Å². The number of ether oxygens (including phenoxy) is 1. The van der Waals surface area contributed by atoms with Gasteiger partial charge in [-0.3, -0.25) is 4.99 Å². The first-order valence-corrected chi connectivity index (χ1v) is 9.31. The van der Waals surface area contributed by atoms with E-state index in [4.69, 9.17) is 9.73 Å². The lowest BCUT2D eigenvalue weighted by atomic mass is 9.93. The fourth-order valence-electron chi connectivity index (χ4n) is 3.26. The zero-order valence-corrected chi connectivity index (χ0v) is 16.5. The summed E-state index contributed by atoms with van der Waals surface area (Å²) in [5, 5.41) is 6.80. The monoisotopic (exact) mass is 346 g/mol. The fraction of sp³-hybridized carbons (Fsp3) is 0.650. The van der Waals surface area contributed by atoms with E-state index >= 15 is 0 Å². The Morgan fingerprint density at radius 3 is 2.80 bits per heavy atom. The normalized spacial score (nSPS) is 14.4. The summed E-state index contributed by atoms with van der Waals surface area (Å²) in [5.41, 5.74) is 2.84. The second-order valence-corrected chi connectivity index (χ2v) is 7.81. The minimum atomic E-state index is 0.159. The Labute approximate surface area is 152 Å².